The number of nitrogens with zero attached hydrogens (tertiary/aromatic N) is 2. The number of aliphatic imine (C=N–C) groups is 1. The SMILES string of the molecule is COC/C(C)=N/c1cc(-c2cc(C)c(=O)n(C)c2)ccc1N. The first kappa shape index (κ1) is 16.0. The molecule has 0 fully saturated rings. The van der Waals surface area contributed by atoms with Gasteiger partial charge in [-0.05, 0) is 43.2 Å². The molecular weight excluding hydrogens is 278 g/mol. The number of benzene rings is 1. The number of nitrogen functional groups attached to an aromatic ring is 1. The van der Waals surface area contributed by atoms with Crippen molar-refractivity contribution >= 4 is 17.1 Å². The van der Waals surface area contributed by atoms with Crippen LogP contribution in [0.25, 0.3) is 11.1 Å². The standard InChI is InChI=1S/C17H21N3O2/c1-11-7-14(9-20(3)17(11)21)13-5-6-15(18)16(8-13)19-12(2)10-22-4/h5-9H,10,18H2,1-4H3/b19-12+. The maximum atomic E-state index is 11.8. The van der Waals surface area contributed by atoms with Crippen LogP contribution in [0.5, 0.6) is 0 Å². The molecule has 0 aliphatic heterocycles. The topological polar surface area (TPSA) is 69.6 Å². The summed E-state index contributed by atoms with van der Waals surface area (Å²) in [6.07, 6.45) is 1.82. The van der Waals surface area contributed by atoms with Gasteiger partial charge in [-0.15, -0.1) is 0 Å². The second-order valence-electron chi connectivity index (χ2n) is 5.38. The number of aromatic nitrogens is 1. The Labute approximate surface area is 130 Å². The predicted molar refractivity (Wildman–Crippen MR) is 90.9 cm³/mol. The second kappa shape index (κ2) is 6.58. The summed E-state index contributed by atoms with van der Waals surface area (Å²) in [6.45, 7) is 4.17. The average Bonchev–Trinajstić information content (AvgIpc) is 2.47. The predicted octanol–water partition coefficient (Wildman–Crippen LogP) is 2.68. The summed E-state index contributed by atoms with van der Waals surface area (Å²) in [6, 6.07) is 7.56. The summed E-state index contributed by atoms with van der Waals surface area (Å²) in [4.78, 5) is 16.3. The molecule has 1 heterocycles. The van der Waals surface area contributed by atoms with E-state index in [0.717, 1.165) is 16.8 Å². The Morgan fingerprint density at radius 3 is 2.68 bits per heavy atom. The van der Waals surface area contributed by atoms with Crippen molar-refractivity contribution in [2.75, 3.05) is 19.5 Å². The molecule has 0 bridgehead atoms. The lowest BCUT2D eigenvalue weighted by molar-refractivity contribution is 0.245. The number of ether oxygens (including phenoxy) is 1. The van der Waals surface area contributed by atoms with Crippen LogP contribution < -0.4 is 11.3 Å². The molecule has 0 unspecified atom stereocenters. The van der Waals surface area contributed by atoms with E-state index in [1.54, 1.807) is 18.7 Å². The van der Waals surface area contributed by atoms with Gasteiger partial charge in [0.05, 0.1) is 18.0 Å². The Hall–Kier alpha value is -2.40. The zero-order chi connectivity index (χ0) is 16.3. The summed E-state index contributed by atoms with van der Waals surface area (Å²) < 4.78 is 6.65. The molecule has 0 amide bonds. The normalized spacial score (nSPS) is 11.7. The number of anilines is 1. The number of pyridine rings is 1. The lowest BCUT2D eigenvalue weighted by Crippen LogP contribution is -2.18. The van der Waals surface area contributed by atoms with E-state index in [-0.39, 0.29) is 5.56 Å². The highest BCUT2D eigenvalue weighted by atomic mass is 16.5. The molecule has 5 heteroatoms. The van der Waals surface area contributed by atoms with Crippen LogP contribution in [-0.2, 0) is 11.8 Å². The molecule has 22 heavy (non-hydrogen) atoms. The molecule has 2 rings (SSSR count). The highest BCUT2D eigenvalue weighted by molar-refractivity contribution is 5.88. The molecule has 0 spiro atoms. The van der Waals surface area contributed by atoms with E-state index in [1.165, 1.54) is 0 Å². The Kier molecular flexibility index (Phi) is 4.78. The lowest BCUT2D eigenvalue weighted by atomic mass is 10.0. The summed E-state index contributed by atoms with van der Waals surface area (Å²) in [5, 5.41) is 0. The van der Waals surface area contributed by atoms with Crippen molar-refractivity contribution in [3.8, 4) is 11.1 Å². The number of hydrogen-bond donors (Lipinski definition) is 1. The molecule has 1 aromatic heterocycles. The lowest BCUT2D eigenvalue weighted by Gasteiger charge is -2.09. The fourth-order valence-electron chi connectivity index (χ4n) is 2.30. The molecule has 116 valence electrons. The van der Waals surface area contributed by atoms with Crippen LogP contribution in [0.2, 0.25) is 0 Å². The summed E-state index contributed by atoms with van der Waals surface area (Å²) >= 11 is 0. The zero-order valence-electron chi connectivity index (χ0n) is 13.4. The molecule has 2 aromatic rings. The van der Waals surface area contributed by atoms with E-state index in [0.29, 0.717) is 23.5 Å². The van der Waals surface area contributed by atoms with E-state index in [1.807, 2.05) is 44.3 Å². The first-order valence-corrected chi connectivity index (χ1v) is 7.02. The van der Waals surface area contributed by atoms with Gasteiger partial charge in [-0.3, -0.25) is 9.79 Å². The Morgan fingerprint density at radius 1 is 1.32 bits per heavy atom. The van der Waals surface area contributed by atoms with E-state index in [4.69, 9.17) is 10.5 Å². The van der Waals surface area contributed by atoms with Gasteiger partial charge in [0.2, 0.25) is 0 Å². The van der Waals surface area contributed by atoms with Gasteiger partial charge in [0.25, 0.3) is 5.56 Å². The molecule has 0 aliphatic carbocycles. The summed E-state index contributed by atoms with van der Waals surface area (Å²) in [5.41, 5.74) is 10.8. The number of hydrogen-bond acceptors (Lipinski definition) is 4. The van der Waals surface area contributed by atoms with Gasteiger partial charge in [-0.1, -0.05) is 6.07 Å². The van der Waals surface area contributed by atoms with Gasteiger partial charge >= 0.3 is 0 Å². The van der Waals surface area contributed by atoms with Crippen LogP contribution in [-0.4, -0.2) is 24.0 Å². The highest BCUT2D eigenvalue weighted by Gasteiger charge is 2.06. The van der Waals surface area contributed by atoms with Crippen molar-refractivity contribution in [2.45, 2.75) is 13.8 Å². The van der Waals surface area contributed by atoms with Crippen LogP contribution >= 0.6 is 0 Å². The van der Waals surface area contributed by atoms with Crippen LogP contribution in [0.4, 0.5) is 11.4 Å². The zero-order valence-corrected chi connectivity index (χ0v) is 13.4. The smallest absolute Gasteiger partial charge is 0.253 e. The molecule has 1 aromatic carbocycles. The van der Waals surface area contributed by atoms with Crippen molar-refractivity contribution in [1.82, 2.24) is 4.57 Å². The molecule has 0 aliphatic rings. The van der Waals surface area contributed by atoms with E-state index in [9.17, 15) is 4.79 Å². The maximum absolute atomic E-state index is 11.8. The Balaban J connectivity index is 2.50. The monoisotopic (exact) mass is 299 g/mol. The fraction of sp³-hybridized carbons (Fsp3) is 0.294. The third-order valence-electron chi connectivity index (χ3n) is 3.39. The third kappa shape index (κ3) is 3.43. The number of aryl methyl sites for hydroxylation is 2. The minimum atomic E-state index is 0.00776. The maximum Gasteiger partial charge on any atom is 0.253 e. The van der Waals surface area contributed by atoms with E-state index in [2.05, 4.69) is 4.99 Å². The van der Waals surface area contributed by atoms with Crippen LogP contribution in [0, 0.1) is 6.92 Å². The van der Waals surface area contributed by atoms with Crippen molar-refractivity contribution in [3.05, 3.63) is 46.4 Å². The quantitative estimate of drug-likeness (QED) is 0.697. The molecule has 2 N–H and O–H groups in total. The molecule has 0 saturated heterocycles. The minimum Gasteiger partial charge on any atom is -0.397 e. The number of nitrogens with two attached hydrogens (primary N) is 1. The number of rotatable bonds is 4. The van der Waals surface area contributed by atoms with Crippen molar-refractivity contribution in [1.29, 1.82) is 0 Å². The van der Waals surface area contributed by atoms with Crippen molar-refractivity contribution in [3.63, 3.8) is 0 Å². The average molecular weight is 299 g/mol. The molecular formula is C17H21N3O2. The molecule has 5 nitrogen and oxygen atoms in total. The molecule has 0 saturated carbocycles. The van der Waals surface area contributed by atoms with Crippen molar-refractivity contribution in [2.24, 2.45) is 12.0 Å². The first-order valence-electron chi connectivity index (χ1n) is 7.02. The van der Waals surface area contributed by atoms with Crippen LogP contribution in [0.15, 0.2) is 40.2 Å². The first-order chi connectivity index (χ1) is 10.4. The van der Waals surface area contributed by atoms with E-state index >= 15 is 0 Å². The van der Waals surface area contributed by atoms with E-state index < -0.39 is 0 Å². The summed E-state index contributed by atoms with van der Waals surface area (Å²) in [5.74, 6) is 0. The minimum absolute atomic E-state index is 0.00776. The third-order valence-corrected chi connectivity index (χ3v) is 3.39. The van der Waals surface area contributed by atoms with Gasteiger partial charge < -0.3 is 15.0 Å². The van der Waals surface area contributed by atoms with Crippen LogP contribution in [0.3, 0.4) is 0 Å². The largest absolute Gasteiger partial charge is 0.397 e. The van der Waals surface area contributed by atoms with Crippen molar-refractivity contribution < 1.29 is 4.74 Å². The van der Waals surface area contributed by atoms with Gasteiger partial charge in [-0.25, -0.2) is 0 Å². The van der Waals surface area contributed by atoms with Crippen LogP contribution in [0.1, 0.15) is 12.5 Å². The Morgan fingerprint density at radius 2 is 2.05 bits per heavy atom. The number of methoxy groups -OCH3 is 1. The fourth-order valence-corrected chi connectivity index (χ4v) is 2.30. The Bertz CT molecular complexity index is 750. The van der Waals surface area contributed by atoms with Gasteiger partial charge in [0.1, 0.15) is 0 Å². The highest BCUT2D eigenvalue weighted by Crippen LogP contribution is 2.29. The van der Waals surface area contributed by atoms with Gasteiger partial charge in [0, 0.05) is 31.6 Å². The molecule has 0 radical (unpaired) electrons. The molecule has 0 atom stereocenters. The second-order valence-corrected chi connectivity index (χ2v) is 5.38. The van der Waals surface area contributed by atoms with Gasteiger partial charge in [-0.2, -0.15) is 0 Å². The van der Waals surface area contributed by atoms with Gasteiger partial charge in [0.15, 0.2) is 0 Å². The summed E-state index contributed by atoms with van der Waals surface area (Å²) in [7, 11) is 3.38.